The lowest BCUT2D eigenvalue weighted by Crippen LogP contribution is -2.18. The number of hydrogen-bond acceptors (Lipinski definition) is 5. The van der Waals surface area contributed by atoms with Crippen molar-refractivity contribution in [2.24, 2.45) is 0 Å². The summed E-state index contributed by atoms with van der Waals surface area (Å²) in [6.07, 6.45) is 0.543. The van der Waals surface area contributed by atoms with Gasteiger partial charge in [0.2, 0.25) is 0 Å². The maximum Gasteiger partial charge on any atom is 0.180 e. The minimum atomic E-state index is -3.32. The lowest BCUT2D eigenvalue weighted by molar-refractivity contribution is 0.595. The topological polar surface area (TPSA) is 80.3 Å². The van der Waals surface area contributed by atoms with Crippen LogP contribution in [-0.4, -0.2) is 40.6 Å². The van der Waals surface area contributed by atoms with E-state index in [0.717, 1.165) is 0 Å². The second-order valence-electron chi connectivity index (χ2n) is 4.48. The van der Waals surface area contributed by atoms with Crippen LogP contribution in [0.2, 0.25) is 0 Å². The van der Waals surface area contributed by atoms with Crippen LogP contribution in [0.4, 0.5) is 5.69 Å². The molecule has 0 amide bonds. The van der Waals surface area contributed by atoms with E-state index in [9.17, 15) is 16.8 Å². The Hall–Kier alpha value is -1.08. The van der Waals surface area contributed by atoms with Crippen LogP contribution in [0, 0.1) is 0 Å². The number of para-hydroxylation sites is 1. The highest BCUT2D eigenvalue weighted by Gasteiger charge is 2.17. The molecule has 7 heteroatoms. The zero-order valence-corrected chi connectivity index (χ0v) is 13.4. The Bertz CT molecular complexity index is 636. The number of hydrogen-bond donors (Lipinski definition) is 1. The fraction of sp³-hybridized carbons (Fsp3) is 0.538. The van der Waals surface area contributed by atoms with Gasteiger partial charge in [-0.2, -0.15) is 0 Å². The van der Waals surface area contributed by atoms with Crippen molar-refractivity contribution in [1.29, 1.82) is 0 Å². The standard InChI is InChI=1S/C13H21NO4S2/c1-3-10-20(17,18)13-8-6-5-7-12(13)14-9-11-19(15,16)4-2/h5-8,14H,3-4,9-11H2,1-2H3. The predicted molar refractivity (Wildman–Crippen MR) is 81.6 cm³/mol. The van der Waals surface area contributed by atoms with E-state index in [2.05, 4.69) is 5.32 Å². The molecule has 0 unspecified atom stereocenters. The van der Waals surface area contributed by atoms with Crippen LogP contribution in [0.25, 0.3) is 0 Å². The Balaban J connectivity index is 2.87. The van der Waals surface area contributed by atoms with E-state index < -0.39 is 19.7 Å². The quantitative estimate of drug-likeness (QED) is 0.789. The van der Waals surface area contributed by atoms with Gasteiger partial charge in [-0.15, -0.1) is 0 Å². The van der Waals surface area contributed by atoms with Crippen molar-refractivity contribution in [2.75, 3.05) is 29.1 Å². The monoisotopic (exact) mass is 319 g/mol. The maximum absolute atomic E-state index is 12.1. The number of sulfone groups is 2. The molecule has 0 atom stereocenters. The molecular weight excluding hydrogens is 298 g/mol. The van der Waals surface area contributed by atoms with E-state index >= 15 is 0 Å². The molecule has 0 fully saturated rings. The molecule has 0 aliphatic carbocycles. The van der Waals surface area contributed by atoms with Crippen LogP contribution in [0.15, 0.2) is 29.2 Å². The van der Waals surface area contributed by atoms with E-state index in [1.54, 1.807) is 38.1 Å². The highest BCUT2D eigenvalue weighted by Crippen LogP contribution is 2.22. The van der Waals surface area contributed by atoms with Gasteiger partial charge in [-0.05, 0) is 18.6 Å². The van der Waals surface area contributed by atoms with Crippen LogP contribution in [0.5, 0.6) is 0 Å². The highest BCUT2D eigenvalue weighted by molar-refractivity contribution is 7.91. The molecule has 0 spiro atoms. The molecule has 0 radical (unpaired) electrons. The van der Waals surface area contributed by atoms with Crippen molar-refractivity contribution in [3.63, 3.8) is 0 Å². The third kappa shape index (κ3) is 4.79. The third-order valence-corrected chi connectivity index (χ3v) is 6.54. The minimum absolute atomic E-state index is 0.00827. The molecule has 1 rings (SSSR count). The Morgan fingerprint density at radius 2 is 1.65 bits per heavy atom. The molecule has 114 valence electrons. The lowest BCUT2D eigenvalue weighted by atomic mass is 10.3. The van der Waals surface area contributed by atoms with Gasteiger partial charge in [-0.1, -0.05) is 26.0 Å². The van der Waals surface area contributed by atoms with Crippen molar-refractivity contribution in [3.8, 4) is 0 Å². The smallest absolute Gasteiger partial charge is 0.180 e. The van der Waals surface area contributed by atoms with E-state index in [4.69, 9.17) is 0 Å². The first-order chi connectivity index (χ1) is 9.32. The summed E-state index contributed by atoms with van der Waals surface area (Å²) >= 11 is 0. The molecule has 0 heterocycles. The summed E-state index contributed by atoms with van der Waals surface area (Å²) in [6, 6.07) is 6.58. The van der Waals surface area contributed by atoms with Crippen molar-refractivity contribution in [2.45, 2.75) is 25.2 Å². The van der Waals surface area contributed by atoms with Crippen molar-refractivity contribution >= 4 is 25.4 Å². The molecule has 0 aliphatic heterocycles. The number of rotatable bonds is 8. The zero-order chi connectivity index (χ0) is 15.2. The van der Waals surface area contributed by atoms with Crippen LogP contribution < -0.4 is 5.32 Å². The van der Waals surface area contributed by atoms with Gasteiger partial charge < -0.3 is 5.32 Å². The fourth-order valence-electron chi connectivity index (χ4n) is 1.75. The molecule has 0 bridgehead atoms. The summed E-state index contributed by atoms with van der Waals surface area (Å²) in [4.78, 5) is 0.232. The van der Waals surface area contributed by atoms with E-state index in [-0.39, 0.29) is 28.7 Å². The maximum atomic E-state index is 12.1. The second kappa shape index (κ2) is 7.08. The molecular formula is C13H21NO4S2. The Morgan fingerprint density at radius 3 is 2.25 bits per heavy atom. The zero-order valence-electron chi connectivity index (χ0n) is 11.8. The first kappa shape index (κ1) is 17.0. The normalized spacial score (nSPS) is 12.3. The Kier molecular flexibility index (Phi) is 6.01. The summed E-state index contributed by atoms with van der Waals surface area (Å²) in [7, 11) is -6.38. The lowest BCUT2D eigenvalue weighted by Gasteiger charge is -2.12. The average molecular weight is 319 g/mol. The molecule has 0 saturated heterocycles. The Morgan fingerprint density at radius 1 is 1.00 bits per heavy atom. The van der Waals surface area contributed by atoms with Gasteiger partial charge in [0.1, 0.15) is 0 Å². The largest absolute Gasteiger partial charge is 0.383 e. The number of nitrogens with one attached hydrogen (secondary N) is 1. The average Bonchev–Trinajstić information content (AvgIpc) is 2.39. The summed E-state index contributed by atoms with van der Waals surface area (Å²) < 4.78 is 47.1. The summed E-state index contributed by atoms with van der Waals surface area (Å²) in [5.41, 5.74) is 0.465. The van der Waals surface area contributed by atoms with E-state index in [0.29, 0.717) is 12.1 Å². The molecule has 1 aromatic rings. The van der Waals surface area contributed by atoms with Gasteiger partial charge in [0.25, 0.3) is 0 Å². The van der Waals surface area contributed by atoms with E-state index in [1.807, 2.05) is 0 Å². The SMILES string of the molecule is CCCS(=O)(=O)c1ccccc1NCCS(=O)(=O)CC. The minimum Gasteiger partial charge on any atom is -0.383 e. The van der Waals surface area contributed by atoms with Crippen LogP contribution in [-0.2, 0) is 19.7 Å². The summed E-state index contributed by atoms with van der Waals surface area (Å²) in [6.45, 7) is 3.60. The molecule has 1 N–H and O–H groups in total. The molecule has 20 heavy (non-hydrogen) atoms. The number of benzene rings is 1. The Labute approximate surface area is 121 Å². The van der Waals surface area contributed by atoms with Crippen molar-refractivity contribution in [3.05, 3.63) is 24.3 Å². The first-order valence-corrected chi connectivity index (χ1v) is 10.1. The first-order valence-electron chi connectivity index (χ1n) is 6.58. The number of anilines is 1. The molecule has 1 aromatic carbocycles. The molecule has 0 aromatic heterocycles. The van der Waals surface area contributed by atoms with Gasteiger partial charge in [-0.3, -0.25) is 0 Å². The molecule has 5 nitrogen and oxygen atoms in total. The second-order valence-corrected chi connectivity index (χ2v) is 9.03. The summed E-state index contributed by atoms with van der Waals surface area (Å²) in [5.74, 6) is 0.162. The van der Waals surface area contributed by atoms with Crippen molar-refractivity contribution < 1.29 is 16.8 Å². The van der Waals surface area contributed by atoms with Gasteiger partial charge in [0.05, 0.1) is 22.1 Å². The van der Waals surface area contributed by atoms with Crippen LogP contribution in [0.1, 0.15) is 20.3 Å². The van der Waals surface area contributed by atoms with Gasteiger partial charge in [0, 0.05) is 12.3 Å². The fourth-order valence-corrected chi connectivity index (χ4v) is 3.97. The van der Waals surface area contributed by atoms with E-state index in [1.165, 1.54) is 0 Å². The third-order valence-electron chi connectivity index (χ3n) is 2.86. The van der Waals surface area contributed by atoms with Crippen LogP contribution in [0.3, 0.4) is 0 Å². The predicted octanol–water partition coefficient (Wildman–Crippen LogP) is 1.72. The molecule has 0 saturated carbocycles. The summed E-state index contributed by atoms with van der Waals surface area (Å²) in [5, 5.41) is 2.91. The molecule has 0 aliphatic rings. The van der Waals surface area contributed by atoms with Gasteiger partial charge >= 0.3 is 0 Å². The van der Waals surface area contributed by atoms with Gasteiger partial charge in [-0.25, -0.2) is 16.8 Å². The van der Waals surface area contributed by atoms with Crippen molar-refractivity contribution in [1.82, 2.24) is 0 Å². The van der Waals surface area contributed by atoms with Crippen LogP contribution >= 0.6 is 0 Å². The highest BCUT2D eigenvalue weighted by atomic mass is 32.2. The van der Waals surface area contributed by atoms with Gasteiger partial charge in [0.15, 0.2) is 19.7 Å².